The molecule has 1 amide bonds. The highest BCUT2D eigenvalue weighted by Gasteiger charge is 2.23. The van der Waals surface area contributed by atoms with Crippen LogP contribution in [0.15, 0.2) is 72.8 Å². The second-order valence-electron chi connectivity index (χ2n) is 7.05. The molecule has 3 aromatic carbocycles. The SMILES string of the molecule is O=C(COc1ccccc1-c1nc2ccccc2s1)N1CCCc2ccccc21. The maximum absolute atomic E-state index is 12.9. The van der Waals surface area contributed by atoms with Crippen LogP contribution in [-0.4, -0.2) is 24.0 Å². The normalized spacial score (nSPS) is 13.3. The number of para-hydroxylation sites is 3. The lowest BCUT2D eigenvalue weighted by molar-refractivity contribution is -0.120. The summed E-state index contributed by atoms with van der Waals surface area (Å²) in [4.78, 5) is 19.5. The first kappa shape index (κ1) is 17.9. The Kier molecular flexibility index (Phi) is 4.74. The Morgan fingerprint density at radius 2 is 1.79 bits per heavy atom. The number of anilines is 1. The van der Waals surface area contributed by atoms with Gasteiger partial charge in [-0.25, -0.2) is 4.98 Å². The quantitative estimate of drug-likeness (QED) is 0.465. The summed E-state index contributed by atoms with van der Waals surface area (Å²) in [6.07, 6.45) is 1.99. The van der Waals surface area contributed by atoms with E-state index >= 15 is 0 Å². The van der Waals surface area contributed by atoms with Gasteiger partial charge in [-0.05, 0) is 48.7 Å². The van der Waals surface area contributed by atoms with Crippen LogP contribution in [0.5, 0.6) is 5.75 Å². The molecule has 5 rings (SSSR count). The van der Waals surface area contributed by atoms with Gasteiger partial charge in [0.1, 0.15) is 10.8 Å². The second-order valence-corrected chi connectivity index (χ2v) is 8.08. The number of amides is 1. The van der Waals surface area contributed by atoms with Gasteiger partial charge in [0, 0.05) is 12.2 Å². The average molecular weight is 401 g/mol. The number of ether oxygens (including phenoxy) is 1. The van der Waals surface area contributed by atoms with E-state index in [0.717, 1.165) is 45.9 Å². The summed E-state index contributed by atoms with van der Waals surface area (Å²) in [7, 11) is 0. The number of hydrogen-bond donors (Lipinski definition) is 0. The van der Waals surface area contributed by atoms with Gasteiger partial charge < -0.3 is 9.64 Å². The van der Waals surface area contributed by atoms with Crippen molar-refractivity contribution in [1.29, 1.82) is 0 Å². The third kappa shape index (κ3) is 3.49. The highest BCUT2D eigenvalue weighted by molar-refractivity contribution is 7.21. The number of nitrogens with zero attached hydrogens (tertiary/aromatic N) is 2. The number of fused-ring (bicyclic) bond motifs is 2. The number of hydrogen-bond acceptors (Lipinski definition) is 4. The van der Waals surface area contributed by atoms with Crippen LogP contribution in [0.25, 0.3) is 20.8 Å². The molecule has 0 aliphatic carbocycles. The number of rotatable bonds is 4. The van der Waals surface area contributed by atoms with Gasteiger partial charge in [0.2, 0.25) is 0 Å². The molecular formula is C24H20N2O2S. The summed E-state index contributed by atoms with van der Waals surface area (Å²) >= 11 is 1.63. The summed E-state index contributed by atoms with van der Waals surface area (Å²) in [5.41, 5.74) is 4.12. The number of thiazole rings is 1. The summed E-state index contributed by atoms with van der Waals surface area (Å²) in [5.74, 6) is 0.668. The van der Waals surface area contributed by atoms with E-state index in [-0.39, 0.29) is 12.5 Å². The standard InChI is InChI=1S/C24H20N2O2S/c27-23(26-15-7-9-17-8-1-4-12-20(17)26)16-28-21-13-5-2-10-18(21)24-25-19-11-3-6-14-22(19)29-24/h1-6,8,10-14H,7,9,15-16H2. The van der Waals surface area contributed by atoms with Crippen LogP contribution in [-0.2, 0) is 11.2 Å². The Balaban J connectivity index is 1.38. The Labute approximate surface area is 173 Å². The summed E-state index contributed by atoms with van der Waals surface area (Å²) in [6.45, 7) is 0.745. The number of carbonyl (C=O) groups excluding carboxylic acids is 1. The van der Waals surface area contributed by atoms with E-state index < -0.39 is 0 Å². The number of carbonyl (C=O) groups is 1. The zero-order valence-corrected chi connectivity index (χ0v) is 16.7. The van der Waals surface area contributed by atoms with E-state index in [1.54, 1.807) is 11.3 Å². The summed E-state index contributed by atoms with van der Waals surface area (Å²) in [5, 5.41) is 0.901. The monoisotopic (exact) mass is 400 g/mol. The molecule has 1 aromatic heterocycles. The van der Waals surface area contributed by atoms with Crippen molar-refractivity contribution in [3.05, 3.63) is 78.4 Å². The lowest BCUT2D eigenvalue weighted by Crippen LogP contribution is -2.38. The first-order chi connectivity index (χ1) is 14.3. The first-order valence-electron chi connectivity index (χ1n) is 9.75. The van der Waals surface area contributed by atoms with E-state index in [9.17, 15) is 4.79 Å². The van der Waals surface area contributed by atoms with E-state index in [0.29, 0.717) is 5.75 Å². The van der Waals surface area contributed by atoms with Crippen LogP contribution in [0.3, 0.4) is 0 Å². The van der Waals surface area contributed by atoms with E-state index in [1.807, 2.05) is 65.6 Å². The lowest BCUT2D eigenvalue weighted by atomic mass is 10.0. The molecule has 5 heteroatoms. The van der Waals surface area contributed by atoms with Crippen molar-refractivity contribution in [2.75, 3.05) is 18.1 Å². The van der Waals surface area contributed by atoms with Gasteiger partial charge in [-0.3, -0.25) is 4.79 Å². The number of benzene rings is 3. The van der Waals surface area contributed by atoms with Gasteiger partial charge in [-0.1, -0.05) is 42.5 Å². The average Bonchev–Trinajstić information content (AvgIpc) is 3.21. The summed E-state index contributed by atoms with van der Waals surface area (Å²) in [6, 6.07) is 24.0. The van der Waals surface area contributed by atoms with Crippen LogP contribution < -0.4 is 9.64 Å². The Morgan fingerprint density at radius 1 is 1.00 bits per heavy atom. The fraction of sp³-hybridized carbons (Fsp3) is 0.167. The van der Waals surface area contributed by atoms with Gasteiger partial charge in [-0.2, -0.15) is 0 Å². The zero-order chi connectivity index (χ0) is 19.6. The van der Waals surface area contributed by atoms with Gasteiger partial charge >= 0.3 is 0 Å². The predicted molar refractivity (Wildman–Crippen MR) is 118 cm³/mol. The molecule has 0 spiro atoms. The highest BCUT2D eigenvalue weighted by Crippen LogP contribution is 2.35. The minimum atomic E-state index is -0.0174. The van der Waals surface area contributed by atoms with Crippen LogP contribution in [0.4, 0.5) is 5.69 Å². The smallest absolute Gasteiger partial charge is 0.264 e. The second kappa shape index (κ2) is 7.68. The highest BCUT2D eigenvalue weighted by atomic mass is 32.1. The minimum Gasteiger partial charge on any atom is -0.483 e. The lowest BCUT2D eigenvalue weighted by Gasteiger charge is -2.29. The predicted octanol–water partition coefficient (Wildman–Crippen LogP) is 5.32. The molecule has 0 atom stereocenters. The van der Waals surface area contributed by atoms with Crippen LogP contribution in [0.2, 0.25) is 0 Å². The van der Waals surface area contributed by atoms with E-state index in [4.69, 9.17) is 9.72 Å². The van der Waals surface area contributed by atoms with Crippen molar-refractivity contribution in [2.45, 2.75) is 12.8 Å². The molecule has 2 heterocycles. The molecule has 1 aliphatic rings. The molecule has 4 nitrogen and oxygen atoms in total. The van der Waals surface area contributed by atoms with Crippen LogP contribution in [0.1, 0.15) is 12.0 Å². The van der Waals surface area contributed by atoms with Crippen LogP contribution in [0, 0.1) is 0 Å². The molecule has 0 radical (unpaired) electrons. The molecule has 0 saturated heterocycles. The number of aromatic nitrogens is 1. The van der Waals surface area contributed by atoms with E-state index in [1.165, 1.54) is 5.56 Å². The maximum Gasteiger partial charge on any atom is 0.264 e. The molecular weight excluding hydrogens is 380 g/mol. The Hall–Kier alpha value is -3.18. The van der Waals surface area contributed by atoms with Crippen LogP contribution >= 0.6 is 11.3 Å². The van der Waals surface area contributed by atoms with Crippen molar-refractivity contribution in [1.82, 2.24) is 4.98 Å². The maximum atomic E-state index is 12.9. The van der Waals surface area contributed by atoms with Crippen molar-refractivity contribution >= 4 is 33.1 Å². The third-order valence-electron chi connectivity index (χ3n) is 5.17. The van der Waals surface area contributed by atoms with Crippen molar-refractivity contribution in [3.8, 4) is 16.3 Å². The van der Waals surface area contributed by atoms with Gasteiger partial charge in [0.15, 0.2) is 6.61 Å². The van der Waals surface area contributed by atoms with Crippen molar-refractivity contribution in [3.63, 3.8) is 0 Å². The first-order valence-corrected chi connectivity index (χ1v) is 10.6. The molecule has 144 valence electrons. The van der Waals surface area contributed by atoms with Gasteiger partial charge in [0.25, 0.3) is 5.91 Å². The molecule has 0 bridgehead atoms. The fourth-order valence-electron chi connectivity index (χ4n) is 3.77. The molecule has 0 fully saturated rings. The van der Waals surface area contributed by atoms with Crippen molar-refractivity contribution in [2.24, 2.45) is 0 Å². The molecule has 0 N–H and O–H groups in total. The van der Waals surface area contributed by atoms with Crippen molar-refractivity contribution < 1.29 is 9.53 Å². The largest absolute Gasteiger partial charge is 0.483 e. The van der Waals surface area contributed by atoms with Gasteiger partial charge in [0.05, 0.1) is 15.8 Å². The number of aryl methyl sites for hydroxylation is 1. The Morgan fingerprint density at radius 3 is 2.72 bits per heavy atom. The topological polar surface area (TPSA) is 42.4 Å². The molecule has 0 saturated carbocycles. The molecule has 0 unspecified atom stereocenters. The molecule has 29 heavy (non-hydrogen) atoms. The molecule has 4 aromatic rings. The third-order valence-corrected chi connectivity index (χ3v) is 6.24. The Bertz CT molecular complexity index is 1150. The summed E-state index contributed by atoms with van der Waals surface area (Å²) < 4.78 is 7.13. The van der Waals surface area contributed by atoms with Gasteiger partial charge in [-0.15, -0.1) is 11.3 Å². The zero-order valence-electron chi connectivity index (χ0n) is 15.9. The molecule has 1 aliphatic heterocycles. The van der Waals surface area contributed by atoms with E-state index in [2.05, 4.69) is 12.1 Å². The minimum absolute atomic E-state index is 0.0102. The fourth-order valence-corrected chi connectivity index (χ4v) is 4.76.